The second kappa shape index (κ2) is 6.22. The third kappa shape index (κ3) is 4.01. The first-order chi connectivity index (χ1) is 9.91. The summed E-state index contributed by atoms with van der Waals surface area (Å²) in [7, 11) is 0. The lowest BCUT2D eigenvalue weighted by Gasteiger charge is -2.28. The standard InChI is InChI=1S/C18H18ClNO/c1-4-18(2,3)20-17(13-5-9-15(19)10-6-13)14-7-11-16(21)12-8-14/h1,5-12,17,20-21H,2-3H3. The minimum Gasteiger partial charge on any atom is -0.508 e. The minimum atomic E-state index is -0.456. The van der Waals surface area contributed by atoms with Crippen molar-refractivity contribution >= 4 is 11.6 Å². The van der Waals surface area contributed by atoms with E-state index in [0.29, 0.717) is 5.02 Å². The maximum absolute atomic E-state index is 9.45. The first kappa shape index (κ1) is 15.4. The van der Waals surface area contributed by atoms with Crippen molar-refractivity contribution in [3.63, 3.8) is 0 Å². The summed E-state index contributed by atoms with van der Waals surface area (Å²) in [5, 5.41) is 13.6. The number of aromatic hydroxyl groups is 1. The first-order valence-corrected chi connectivity index (χ1v) is 7.09. The smallest absolute Gasteiger partial charge is 0.115 e. The zero-order valence-electron chi connectivity index (χ0n) is 12.1. The Balaban J connectivity index is 2.41. The van der Waals surface area contributed by atoms with E-state index in [2.05, 4.69) is 11.2 Å². The van der Waals surface area contributed by atoms with Crippen molar-refractivity contribution in [2.24, 2.45) is 0 Å². The van der Waals surface area contributed by atoms with Gasteiger partial charge in [0.1, 0.15) is 5.75 Å². The molecule has 0 amide bonds. The topological polar surface area (TPSA) is 32.3 Å². The predicted molar refractivity (Wildman–Crippen MR) is 87.4 cm³/mol. The summed E-state index contributed by atoms with van der Waals surface area (Å²) in [4.78, 5) is 0. The van der Waals surface area contributed by atoms with Crippen LogP contribution in [-0.2, 0) is 0 Å². The van der Waals surface area contributed by atoms with E-state index in [1.165, 1.54) is 0 Å². The predicted octanol–water partition coefficient (Wildman–Crippen LogP) is 4.14. The van der Waals surface area contributed by atoms with Crippen molar-refractivity contribution in [3.8, 4) is 18.1 Å². The van der Waals surface area contributed by atoms with Crippen LogP contribution in [-0.4, -0.2) is 10.6 Å². The molecule has 21 heavy (non-hydrogen) atoms. The molecule has 2 aromatic carbocycles. The number of rotatable bonds is 4. The molecule has 0 aliphatic heterocycles. The van der Waals surface area contributed by atoms with Crippen LogP contribution in [0.1, 0.15) is 31.0 Å². The maximum Gasteiger partial charge on any atom is 0.115 e. The Kier molecular flexibility index (Phi) is 4.57. The van der Waals surface area contributed by atoms with Gasteiger partial charge in [-0.2, -0.15) is 0 Å². The Morgan fingerprint density at radius 3 is 2.00 bits per heavy atom. The molecule has 2 nitrogen and oxygen atoms in total. The van der Waals surface area contributed by atoms with Crippen LogP contribution >= 0.6 is 11.6 Å². The van der Waals surface area contributed by atoms with E-state index in [-0.39, 0.29) is 11.8 Å². The third-order valence-corrected chi connectivity index (χ3v) is 3.55. The second-order valence-corrected chi connectivity index (χ2v) is 5.93. The Hall–Kier alpha value is -1.95. The first-order valence-electron chi connectivity index (χ1n) is 6.71. The van der Waals surface area contributed by atoms with Gasteiger partial charge in [-0.15, -0.1) is 6.42 Å². The molecular formula is C18H18ClNO. The van der Waals surface area contributed by atoms with E-state index in [4.69, 9.17) is 18.0 Å². The molecule has 0 bridgehead atoms. The van der Waals surface area contributed by atoms with E-state index < -0.39 is 5.54 Å². The van der Waals surface area contributed by atoms with Gasteiger partial charge in [0.05, 0.1) is 11.6 Å². The quantitative estimate of drug-likeness (QED) is 0.832. The van der Waals surface area contributed by atoms with E-state index in [0.717, 1.165) is 11.1 Å². The molecule has 2 N–H and O–H groups in total. The number of phenolic OH excluding ortho intramolecular Hbond substituents is 1. The lowest BCUT2D eigenvalue weighted by atomic mass is 9.95. The molecule has 0 aliphatic carbocycles. The Morgan fingerprint density at radius 2 is 1.52 bits per heavy atom. The molecule has 0 radical (unpaired) electrons. The van der Waals surface area contributed by atoms with Crippen LogP contribution in [0, 0.1) is 12.3 Å². The van der Waals surface area contributed by atoms with Crippen molar-refractivity contribution < 1.29 is 5.11 Å². The number of halogens is 1. The fourth-order valence-corrected chi connectivity index (χ4v) is 2.21. The van der Waals surface area contributed by atoms with Gasteiger partial charge < -0.3 is 5.11 Å². The highest BCUT2D eigenvalue weighted by Gasteiger charge is 2.22. The number of terminal acetylenes is 1. The summed E-state index contributed by atoms with van der Waals surface area (Å²) in [6, 6.07) is 14.7. The molecule has 1 unspecified atom stereocenters. The summed E-state index contributed by atoms with van der Waals surface area (Å²) in [6.07, 6.45) is 5.59. The van der Waals surface area contributed by atoms with Gasteiger partial charge in [0.2, 0.25) is 0 Å². The molecule has 108 valence electrons. The molecule has 2 aromatic rings. The number of nitrogens with one attached hydrogen (secondary N) is 1. The molecule has 0 spiro atoms. The molecule has 2 rings (SSSR count). The van der Waals surface area contributed by atoms with Gasteiger partial charge >= 0.3 is 0 Å². The highest BCUT2D eigenvalue weighted by atomic mass is 35.5. The fourth-order valence-electron chi connectivity index (χ4n) is 2.08. The van der Waals surface area contributed by atoms with Gasteiger partial charge in [0.25, 0.3) is 0 Å². The van der Waals surface area contributed by atoms with Gasteiger partial charge in [-0.05, 0) is 49.2 Å². The second-order valence-electron chi connectivity index (χ2n) is 5.49. The third-order valence-electron chi connectivity index (χ3n) is 3.30. The molecular weight excluding hydrogens is 282 g/mol. The van der Waals surface area contributed by atoms with Crippen molar-refractivity contribution in [2.45, 2.75) is 25.4 Å². The van der Waals surface area contributed by atoms with Gasteiger partial charge in [-0.3, -0.25) is 5.32 Å². The highest BCUT2D eigenvalue weighted by Crippen LogP contribution is 2.27. The average molecular weight is 300 g/mol. The van der Waals surface area contributed by atoms with Crippen LogP contribution in [0.15, 0.2) is 48.5 Å². The van der Waals surface area contributed by atoms with Crippen LogP contribution in [0.2, 0.25) is 5.02 Å². The van der Waals surface area contributed by atoms with Gasteiger partial charge in [-0.25, -0.2) is 0 Å². The summed E-state index contributed by atoms with van der Waals surface area (Å²) in [5.74, 6) is 2.99. The maximum atomic E-state index is 9.45. The Labute approximate surface area is 130 Å². The van der Waals surface area contributed by atoms with Gasteiger partial charge in [0, 0.05) is 5.02 Å². The van der Waals surface area contributed by atoms with Gasteiger partial charge in [0.15, 0.2) is 0 Å². The van der Waals surface area contributed by atoms with Crippen LogP contribution < -0.4 is 5.32 Å². The lowest BCUT2D eigenvalue weighted by Crippen LogP contribution is -2.40. The fraction of sp³-hybridized carbons (Fsp3) is 0.222. The summed E-state index contributed by atoms with van der Waals surface area (Å²) < 4.78 is 0. The van der Waals surface area contributed by atoms with Crippen molar-refractivity contribution in [3.05, 3.63) is 64.7 Å². The van der Waals surface area contributed by atoms with Crippen LogP contribution in [0.3, 0.4) is 0 Å². The zero-order chi connectivity index (χ0) is 15.5. The normalized spacial score (nSPS) is 12.7. The monoisotopic (exact) mass is 299 g/mol. The summed E-state index contributed by atoms with van der Waals surface area (Å²) >= 11 is 5.96. The van der Waals surface area contributed by atoms with Gasteiger partial charge in [-0.1, -0.05) is 41.8 Å². The number of hydrogen-bond donors (Lipinski definition) is 2. The minimum absolute atomic E-state index is 0.0751. The number of benzene rings is 2. The Bertz CT molecular complexity index is 593. The van der Waals surface area contributed by atoms with Crippen LogP contribution in [0.25, 0.3) is 0 Å². The molecule has 3 heteroatoms. The van der Waals surface area contributed by atoms with Crippen molar-refractivity contribution in [1.29, 1.82) is 0 Å². The van der Waals surface area contributed by atoms with Crippen LogP contribution in [0.4, 0.5) is 0 Å². The van der Waals surface area contributed by atoms with Crippen molar-refractivity contribution in [1.82, 2.24) is 5.32 Å². The molecule has 1 atom stereocenters. The van der Waals surface area contributed by atoms with E-state index in [9.17, 15) is 5.11 Å². The molecule has 0 heterocycles. The average Bonchev–Trinajstić information content (AvgIpc) is 2.47. The van der Waals surface area contributed by atoms with Crippen LogP contribution in [0.5, 0.6) is 5.75 Å². The SMILES string of the molecule is C#CC(C)(C)NC(c1ccc(O)cc1)c1ccc(Cl)cc1. The largest absolute Gasteiger partial charge is 0.508 e. The molecule has 0 fully saturated rings. The Morgan fingerprint density at radius 1 is 1.05 bits per heavy atom. The summed E-state index contributed by atoms with van der Waals surface area (Å²) in [5.41, 5.74) is 1.63. The molecule has 0 aliphatic rings. The molecule has 0 saturated carbocycles. The molecule has 0 aromatic heterocycles. The number of phenols is 1. The number of hydrogen-bond acceptors (Lipinski definition) is 2. The van der Waals surface area contributed by atoms with E-state index in [1.807, 2.05) is 50.2 Å². The van der Waals surface area contributed by atoms with Crippen molar-refractivity contribution in [2.75, 3.05) is 0 Å². The summed E-state index contributed by atoms with van der Waals surface area (Å²) in [6.45, 7) is 3.91. The van der Waals surface area contributed by atoms with E-state index in [1.54, 1.807) is 12.1 Å². The lowest BCUT2D eigenvalue weighted by molar-refractivity contribution is 0.446. The molecule has 0 saturated heterocycles. The highest BCUT2D eigenvalue weighted by molar-refractivity contribution is 6.30. The zero-order valence-corrected chi connectivity index (χ0v) is 12.9. The van der Waals surface area contributed by atoms with E-state index >= 15 is 0 Å².